The molecular weight excluding hydrogens is 282 g/mol. The first-order chi connectivity index (χ1) is 10.7. The molecule has 0 aliphatic rings. The van der Waals surface area contributed by atoms with E-state index in [1.807, 2.05) is 48.8 Å². The minimum atomic E-state index is -0.523. The highest BCUT2D eigenvalue weighted by Crippen LogP contribution is 2.34. The molecule has 0 aliphatic heterocycles. The molecule has 0 bridgehead atoms. The van der Waals surface area contributed by atoms with Gasteiger partial charge in [-0.1, -0.05) is 12.1 Å². The van der Waals surface area contributed by atoms with E-state index in [4.69, 9.17) is 13.9 Å². The Morgan fingerprint density at radius 1 is 1.09 bits per heavy atom. The average Bonchev–Trinajstić information content (AvgIpc) is 3.23. The van der Waals surface area contributed by atoms with Crippen molar-refractivity contribution >= 4 is 5.97 Å². The van der Waals surface area contributed by atoms with E-state index in [9.17, 15) is 4.79 Å². The second-order valence-corrected chi connectivity index (χ2v) is 4.61. The number of carbonyl (C=O) groups is 1. The molecule has 5 nitrogen and oxygen atoms in total. The van der Waals surface area contributed by atoms with Crippen LogP contribution in [0, 0.1) is 0 Å². The van der Waals surface area contributed by atoms with Crippen molar-refractivity contribution < 1.29 is 18.7 Å². The van der Waals surface area contributed by atoms with E-state index in [2.05, 4.69) is 0 Å². The summed E-state index contributed by atoms with van der Waals surface area (Å²) < 4.78 is 17.7. The Bertz CT molecular complexity index is 787. The normalized spacial score (nSPS) is 10.5. The summed E-state index contributed by atoms with van der Waals surface area (Å²) in [6.45, 7) is 0. The molecule has 0 aliphatic carbocycles. The van der Waals surface area contributed by atoms with Crippen molar-refractivity contribution in [1.82, 2.24) is 4.57 Å². The third-order valence-electron chi connectivity index (χ3n) is 3.34. The van der Waals surface area contributed by atoms with Gasteiger partial charge in [-0.2, -0.15) is 0 Å². The zero-order valence-corrected chi connectivity index (χ0v) is 12.3. The highest BCUT2D eigenvalue weighted by Gasteiger charge is 2.22. The van der Waals surface area contributed by atoms with E-state index >= 15 is 0 Å². The topological polar surface area (TPSA) is 53.6 Å². The van der Waals surface area contributed by atoms with Crippen molar-refractivity contribution in [2.45, 2.75) is 0 Å². The van der Waals surface area contributed by atoms with Crippen molar-refractivity contribution in [2.24, 2.45) is 0 Å². The number of hydrogen-bond donors (Lipinski definition) is 0. The van der Waals surface area contributed by atoms with Crippen molar-refractivity contribution in [3.63, 3.8) is 0 Å². The van der Waals surface area contributed by atoms with E-state index < -0.39 is 5.97 Å². The molecule has 3 rings (SSSR count). The smallest absolute Gasteiger partial charge is 0.376 e. The third-order valence-corrected chi connectivity index (χ3v) is 3.34. The van der Waals surface area contributed by atoms with Crippen LogP contribution in [0.25, 0.3) is 17.0 Å². The molecule has 0 fully saturated rings. The van der Waals surface area contributed by atoms with Crippen molar-refractivity contribution in [2.75, 3.05) is 14.2 Å². The molecule has 1 aromatic carbocycles. The summed E-state index contributed by atoms with van der Waals surface area (Å²) in [4.78, 5) is 12.0. The molecular formula is C17H15NO4. The van der Waals surface area contributed by atoms with Crippen LogP contribution in [0.5, 0.6) is 5.75 Å². The van der Waals surface area contributed by atoms with Gasteiger partial charge in [0.2, 0.25) is 5.76 Å². The van der Waals surface area contributed by atoms with Gasteiger partial charge in [-0.3, -0.25) is 0 Å². The Kier molecular flexibility index (Phi) is 3.70. The van der Waals surface area contributed by atoms with Crippen LogP contribution in [0.4, 0.5) is 0 Å². The Hall–Kier alpha value is -2.95. The summed E-state index contributed by atoms with van der Waals surface area (Å²) in [5.41, 5.74) is 1.39. The third kappa shape index (κ3) is 2.37. The maximum atomic E-state index is 12.0. The number of methoxy groups -OCH3 is 2. The molecule has 5 heteroatoms. The fraction of sp³-hybridized carbons (Fsp3) is 0.118. The molecule has 0 radical (unpaired) electrons. The molecule has 2 heterocycles. The fourth-order valence-corrected chi connectivity index (χ4v) is 2.29. The predicted molar refractivity (Wildman–Crippen MR) is 81.4 cm³/mol. The van der Waals surface area contributed by atoms with Crippen LogP contribution >= 0.6 is 0 Å². The molecule has 0 saturated carbocycles. The lowest BCUT2D eigenvalue weighted by atomic mass is 10.1. The van der Waals surface area contributed by atoms with Crippen molar-refractivity contribution in [3.05, 3.63) is 60.6 Å². The second kappa shape index (κ2) is 5.81. The zero-order valence-electron chi connectivity index (χ0n) is 12.3. The Morgan fingerprint density at radius 3 is 2.50 bits per heavy atom. The molecule has 0 spiro atoms. The Morgan fingerprint density at radius 2 is 1.82 bits per heavy atom. The van der Waals surface area contributed by atoms with Gasteiger partial charge < -0.3 is 18.5 Å². The first kappa shape index (κ1) is 14.0. The number of ether oxygens (including phenoxy) is 2. The highest BCUT2D eigenvalue weighted by atomic mass is 16.5. The quantitative estimate of drug-likeness (QED) is 0.691. The molecule has 2 aromatic heterocycles. The van der Waals surface area contributed by atoms with Gasteiger partial charge in [0.25, 0.3) is 0 Å². The summed E-state index contributed by atoms with van der Waals surface area (Å²) in [5.74, 6) is 0.845. The Labute approximate surface area is 127 Å². The fourth-order valence-electron chi connectivity index (χ4n) is 2.29. The van der Waals surface area contributed by atoms with Crippen LogP contribution in [-0.2, 0) is 4.74 Å². The number of aromatic nitrogens is 1. The summed E-state index contributed by atoms with van der Waals surface area (Å²) in [5, 5.41) is 0. The molecule has 0 saturated heterocycles. The standard InChI is InChI=1S/C17H15NO4/c1-20-14-8-4-3-7-12(14)15-11-13(18-9-5-6-10-18)16(22-15)17(19)21-2/h3-11H,1-2H3. The molecule has 0 amide bonds. The van der Waals surface area contributed by atoms with Crippen LogP contribution < -0.4 is 4.74 Å². The van der Waals surface area contributed by atoms with Gasteiger partial charge in [0, 0.05) is 18.5 Å². The largest absolute Gasteiger partial charge is 0.496 e. The van der Waals surface area contributed by atoms with Gasteiger partial charge in [0.05, 0.1) is 25.5 Å². The number of carbonyl (C=O) groups excluding carboxylic acids is 1. The lowest BCUT2D eigenvalue weighted by Crippen LogP contribution is -2.03. The second-order valence-electron chi connectivity index (χ2n) is 4.61. The van der Waals surface area contributed by atoms with Crippen molar-refractivity contribution in [3.8, 4) is 22.8 Å². The van der Waals surface area contributed by atoms with Crippen LogP contribution in [0.3, 0.4) is 0 Å². The maximum Gasteiger partial charge on any atom is 0.376 e. The Balaban J connectivity index is 2.16. The highest BCUT2D eigenvalue weighted by molar-refractivity contribution is 5.91. The number of nitrogens with zero attached hydrogens (tertiary/aromatic N) is 1. The van der Waals surface area contributed by atoms with E-state index in [1.165, 1.54) is 7.11 Å². The molecule has 0 N–H and O–H groups in total. The zero-order chi connectivity index (χ0) is 15.5. The van der Waals surface area contributed by atoms with Gasteiger partial charge in [-0.25, -0.2) is 4.79 Å². The number of rotatable bonds is 4. The van der Waals surface area contributed by atoms with E-state index in [1.54, 1.807) is 17.7 Å². The molecule has 0 unspecified atom stereocenters. The summed E-state index contributed by atoms with van der Waals surface area (Å²) in [6, 6.07) is 13.0. The molecule has 112 valence electrons. The average molecular weight is 297 g/mol. The lowest BCUT2D eigenvalue weighted by molar-refractivity contribution is 0.0566. The summed E-state index contributed by atoms with van der Waals surface area (Å²) in [6.07, 6.45) is 3.67. The van der Waals surface area contributed by atoms with Gasteiger partial charge in [0.15, 0.2) is 0 Å². The van der Waals surface area contributed by atoms with Crippen LogP contribution in [0.15, 0.2) is 59.3 Å². The van der Waals surface area contributed by atoms with E-state index in [-0.39, 0.29) is 5.76 Å². The van der Waals surface area contributed by atoms with Gasteiger partial charge in [-0.05, 0) is 24.3 Å². The van der Waals surface area contributed by atoms with Crippen LogP contribution in [-0.4, -0.2) is 24.8 Å². The molecule has 3 aromatic rings. The predicted octanol–water partition coefficient (Wildman–Crippen LogP) is 3.53. The number of benzene rings is 1. The van der Waals surface area contributed by atoms with Gasteiger partial charge in [0.1, 0.15) is 11.5 Å². The van der Waals surface area contributed by atoms with E-state index in [0.717, 1.165) is 5.56 Å². The number of furan rings is 1. The van der Waals surface area contributed by atoms with Crippen LogP contribution in [0.1, 0.15) is 10.6 Å². The summed E-state index contributed by atoms with van der Waals surface area (Å²) >= 11 is 0. The minimum Gasteiger partial charge on any atom is -0.496 e. The monoisotopic (exact) mass is 297 g/mol. The van der Waals surface area contributed by atoms with E-state index in [0.29, 0.717) is 17.2 Å². The van der Waals surface area contributed by atoms with Gasteiger partial charge in [-0.15, -0.1) is 0 Å². The molecule has 0 atom stereocenters. The van der Waals surface area contributed by atoms with Crippen molar-refractivity contribution in [1.29, 1.82) is 0 Å². The minimum absolute atomic E-state index is 0.152. The lowest BCUT2D eigenvalue weighted by Gasteiger charge is -2.04. The van der Waals surface area contributed by atoms with Crippen LogP contribution in [0.2, 0.25) is 0 Å². The number of esters is 1. The molecule has 22 heavy (non-hydrogen) atoms. The SMILES string of the molecule is COC(=O)c1oc(-c2ccccc2OC)cc1-n1cccc1. The van der Waals surface area contributed by atoms with Gasteiger partial charge >= 0.3 is 5.97 Å². The number of para-hydroxylation sites is 1. The number of hydrogen-bond acceptors (Lipinski definition) is 4. The summed E-state index contributed by atoms with van der Waals surface area (Å²) in [7, 11) is 2.92. The first-order valence-electron chi connectivity index (χ1n) is 6.73. The first-order valence-corrected chi connectivity index (χ1v) is 6.73. The maximum absolute atomic E-state index is 12.0.